The minimum Gasteiger partial charge on any atom is -0.493 e. The number of benzene rings is 3. The highest BCUT2D eigenvalue weighted by Crippen LogP contribution is 2.37. The number of ether oxygens (including phenoxy) is 6. The maximum atomic E-state index is 13.1. The molecule has 0 atom stereocenters. The van der Waals surface area contributed by atoms with Crippen molar-refractivity contribution in [2.75, 3.05) is 41.8 Å². The topological polar surface area (TPSA) is 88.2 Å². The first kappa shape index (κ1) is 26.1. The number of rotatable bonds is 12. The second-order valence-electron chi connectivity index (χ2n) is 8.31. The Hall–Kier alpha value is -4.01. The lowest BCUT2D eigenvalue weighted by molar-refractivity contribution is -0.0291. The number of aromatic nitrogens is 1. The molecule has 0 saturated heterocycles. The van der Waals surface area contributed by atoms with Crippen molar-refractivity contribution in [3.63, 3.8) is 0 Å². The number of H-pyrrole nitrogens is 1. The molecule has 4 rings (SSSR count). The zero-order valence-corrected chi connectivity index (χ0v) is 21.5. The monoisotopic (exact) mass is 505 g/mol. The number of hydrogen-bond donors (Lipinski definition) is 1. The summed E-state index contributed by atoms with van der Waals surface area (Å²) >= 11 is 0. The summed E-state index contributed by atoms with van der Waals surface area (Å²) in [5.74, 6) is 2.19. The van der Waals surface area contributed by atoms with E-state index in [1.165, 1.54) is 0 Å². The normalized spacial score (nSPS) is 10.9. The number of nitrogens with one attached hydrogen (secondary N) is 1. The van der Waals surface area contributed by atoms with Crippen LogP contribution in [-0.2, 0) is 22.5 Å². The molecule has 0 saturated carbocycles. The Morgan fingerprint density at radius 2 is 1.49 bits per heavy atom. The highest BCUT2D eigenvalue weighted by atomic mass is 16.7. The van der Waals surface area contributed by atoms with Gasteiger partial charge in [0, 0.05) is 18.4 Å². The standard InChI is InChI=1S/C29H31NO7/c1-32-18-36-11-10-20-13-26(34-3)28(37-17-19-8-6-5-7-9-19)15-22(20)24-12-21-14-25(33-2)27(35-4)16-23(21)29(31)30-24/h5-9,12-16H,10-11,17-18H2,1-4H3,(H,30,31). The SMILES string of the molecule is COCOCCc1cc(OC)c(OCc2ccccc2)cc1-c1cc2cc(OC)c(OC)cc2c(=O)[nH]1. The van der Waals surface area contributed by atoms with Gasteiger partial charge in [-0.15, -0.1) is 0 Å². The zero-order valence-electron chi connectivity index (χ0n) is 21.5. The predicted octanol–water partition coefficient (Wildman–Crippen LogP) is 4.96. The van der Waals surface area contributed by atoms with Gasteiger partial charge in [0.25, 0.3) is 5.56 Å². The fourth-order valence-corrected chi connectivity index (χ4v) is 4.13. The molecule has 0 radical (unpaired) electrons. The first-order chi connectivity index (χ1) is 18.1. The summed E-state index contributed by atoms with van der Waals surface area (Å²) in [6.45, 7) is 0.994. The maximum Gasteiger partial charge on any atom is 0.256 e. The van der Waals surface area contributed by atoms with Gasteiger partial charge >= 0.3 is 0 Å². The quantitative estimate of drug-likeness (QED) is 0.215. The molecule has 0 aliphatic heterocycles. The molecule has 194 valence electrons. The molecule has 0 aliphatic carbocycles. The fourth-order valence-electron chi connectivity index (χ4n) is 4.13. The Balaban J connectivity index is 1.80. The molecule has 0 spiro atoms. The van der Waals surface area contributed by atoms with Crippen LogP contribution in [0.4, 0.5) is 0 Å². The lowest BCUT2D eigenvalue weighted by Gasteiger charge is -2.17. The van der Waals surface area contributed by atoms with E-state index in [-0.39, 0.29) is 12.4 Å². The van der Waals surface area contributed by atoms with E-state index in [0.29, 0.717) is 53.7 Å². The summed E-state index contributed by atoms with van der Waals surface area (Å²) in [4.78, 5) is 16.1. The Morgan fingerprint density at radius 1 is 0.784 bits per heavy atom. The molecule has 1 aromatic heterocycles. The van der Waals surface area contributed by atoms with Crippen LogP contribution in [0, 0.1) is 0 Å². The van der Waals surface area contributed by atoms with Gasteiger partial charge in [-0.2, -0.15) is 0 Å². The predicted molar refractivity (Wildman–Crippen MR) is 142 cm³/mol. The van der Waals surface area contributed by atoms with E-state index < -0.39 is 0 Å². The molecule has 8 nitrogen and oxygen atoms in total. The number of pyridine rings is 1. The third kappa shape index (κ3) is 6.04. The number of aromatic amines is 1. The van der Waals surface area contributed by atoms with Gasteiger partial charge < -0.3 is 33.4 Å². The first-order valence-corrected chi connectivity index (χ1v) is 11.8. The molecule has 0 amide bonds. The number of fused-ring (bicyclic) bond motifs is 1. The molecule has 4 aromatic rings. The van der Waals surface area contributed by atoms with Gasteiger partial charge in [-0.25, -0.2) is 0 Å². The lowest BCUT2D eigenvalue weighted by atomic mass is 9.98. The molecule has 0 fully saturated rings. The zero-order chi connectivity index (χ0) is 26.2. The Bertz CT molecular complexity index is 1400. The molecular formula is C29H31NO7. The van der Waals surface area contributed by atoms with Crippen molar-refractivity contribution in [3.8, 4) is 34.3 Å². The maximum absolute atomic E-state index is 13.1. The lowest BCUT2D eigenvalue weighted by Crippen LogP contribution is -2.10. The Labute approximate surface area is 215 Å². The molecule has 1 heterocycles. The highest BCUT2D eigenvalue weighted by Gasteiger charge is 2.17. The van der Waals surface area contributed by atoms with E-state index in [2.05, 4.69) is 4.98 Å². The van der Waals surface area contributed by atoms with Gasteiger partial charge in [-0.05, 0) is 53.3 Å². The average Bonchev–Trinajstić information content (AvgIpc) is 2.93. The second-order valence-corrected chi connectivity index (χ2v) is 8.31. The van der Waals surface area contributed by atoms with Gasteiger partial charge in [0.1, 0.15) is 13.4 Å². The molecule has 37 heavy (non-hydrogen) atoms. The van der Waals surface area contributed by atoms with Crippen LogP contribution in [0.2, 0.25) is 0 Å². The molecule has 0 bridgehead atoms. The summed E-state index contributed by atoms with van der Waals surface area (Å²) < 4.78 is 33.2. The molecule has 1 N–H and O–H groups in total. The summed E-state index contributed by atoms with van der Waals surface area (Å²) in [7, 11) is 6.29. The average molecular weight is 506 g/mol. The highest BCUT2D eigenvalue weighted by molar-refractivity contribution is 5.88. The number of methoxy groups -OCH3 is 4. The van der Waals surface area contributed by atoms with Gasteiger partial charge in [-0.1, -0.05) is 30.3 Å². The third-order valence-corrected chi connectivity index (χ3v) is 5.98. The van der Waals surface area contributed by atoms with Crippen molar-refractivity contribution in [2.45, 2.75) is 13.0 Å². The number of hydrogen-bond acceptors (Lipinski definition) is 7. The van der Waals surface area contributed by atoms with E-state index in [1.807, 2.05) is 48.5 Å². The van der Waals surface area contributed by atoms with Crippen LogP contribution >= 0.6 is 0 Å². The van der Waals surface area contributed by atoms with Crippen molar-refractivity contribution < 1.29 is 28.4 Å². The smallest absolute Gasteiger partial charge is 0.256 e. The van der Waals surface area contributed by atoms with Gasteiger partial charge in [0.15, 0.2) is 23.0 Å². The van der Waals surface area contributed by atoms with E-state index in [9.17, 15) is 4.79 Å². The van der Waals surface area contributed by atoms with Crippen LogP contribution in [0.15, 0.2) is 65.5 Å². The van der Waals surface area contributed by atoms with Crippen molar-refractivity contribution >= 4 is 10.8 Å². The van der Waals surface area contributed by atoms with Crippen LogP contribution in [0.1, 0.15) is 11.1 Å². The summed E-state index contributed by atoms with van der Waals surface area (Å²) in [5.41, 5.74) is 3.16. The van der Waals surface area contributed by atoms with Crippen LogP contribution in [0.3, 0.4) is 0 Å². The van der Waals surface area contributed by atoms with Gasteiger partial charge in [-0.3, -0.25) is 4.79 Å². The minimum atomic E-state index is -0.238. The summed E-state index contributed by atoms with van der Waals surface area (Å²) in [5, 5.41) is 1.22. The molecule has 3 aromatic carbocycles. The van der Waals surface area contributed by atoms with Crippen LogP contribution in [0.25, 0.3) is 22.0 Å². The molecule has 8 heteroatoms. The minimum absolute atomic E-state index is 0.194. The second kappa shape index (κ2) is 12.3. The van der Waals surface area contributed by atoms with Crippen LogP contribution < -0.4 is 24.5 Å². The third-order valence-electron chi connectivity index (χ3n) is 5.98. The van der Waals surface area contributed by atoms with E-state index in [4.69, 9.17) is 28.4 Å². The van der Waals surface area contributed by atoms with Gasteiger partial charge in [0.05, 0.1) is 33.3 Å². The molecular weight excluding hydrogens is 474 g/mol. The Kier molecular flexibility index (Phi) is 8.66. The fraction of sp³-hybridized carbons (Fsp3) is 0.276. The first-order valence-electron chi connectivity index (χ1n) is 11.8. The van der Waals surface area contributed by atoms with Crippen molar-refractivity contribution in [2.24, 2.45) is 0 Å². The van der Waals surface area contributed by atoms with Crippen molar-refractivity contribution in [1.82, 2.24) is 4.98 Å². The van der Waals surface area contributed by atoms with Crippen LogP contribution in [-0.4, -0.2) is 46.8 Å². The van der Waals surface area contributed by atoms with Gasteiger partial charge in [0.2, 0.25) is 0 Å². The summed E-state index contributed by atoms with van der Waals surface area (Å²) in [6, 6.07) is 19.1. The molecule has 0 unspecified atom stereocenters. The van der Waals surface area contributed by atoms with E-state index >= 15 is 0 Å². The summed E-state index contributed by atoms with van der Waals surface area (Å²) in [6.07, 6.45) is 0.569. The van der Waals surface area contributed by atoms with E-state index in [0.717, 1.165) is 22.1 Å². The van der Waals surface area contributed by atoms with Crippen LogP contribution in [0.5, 0.6) is 23.0 Å². The van der Waals surface area contributed by atoms with Crippen molar-refractivity contribution in [1.29, 1.82) is 0 Å². The Morgan fingerprint density at radius 3 is 2.19 bits per heavy atom. The van der Waals surface area contributed by atoms with E-state index in [1.54, 1.807) is 40.6 Å². The largest absolute Gasteiger partial charge is 0.493 e. The van der Waals surface area contributed by atoms with Crippen molar-refractivity contribution in [3.05, 3.63) is 82.1 Å². The molecule has 0 aliphatic rings.